The van der Waals surface area contributed by atoms with Crippen molar-refractivity contribution >= 4 is 23.1 Å². The van der Waals surface area contributed by atoms with Crippen molar-refractivity contribution in [2.45, 2.75) is 31.9 Å². The number of Topliss-reactive ketones (excluding diaryl/α,β-unsaturated/α-hetero) is 1. The van der Waals surface area contributed by atoms with E-state index < -0.39 is 22.7 Å². The van der Waals surface area contributed by atoms with E-state index in [4.69, 9.17) is 4.74 Å². The van der Waals surface area contributed by atoms with Crippen LogP contribution in [0.15, 0.2) is 54.1 Å². The molecule has 0 saturated carbocycles. The zero-order chi connectivity index (χ0) is 22.1. The van der Waals surface area contributed by atoms with Crippen molar-refractivity contribution in [3.63, 3.8) is 0 Å². The number of rotatable bonds is 5. The quantitative estimate of drug-likeness (QED) is 0.260. The number of nitrogens with zero attached hydrogens (tertiary/aromatic N) is 2. The maximum Gasteiger partial charge on any atom is 0.295 e. The molecule has 8 nitrogen and oxygen atoms in total. The molecule has 8 heteroatoms. The van der Waals surface area contributed by atoms with Crippen molar-refractivity contribution in [1.29, 1.82) is 0 Å². The minimum atomic E-state index is -0.939. The van der Waals surface area contributed by atoms with Crippen LogP contribution in [0.1, 0.15) is 35.6 Å². The fraction of sp³-hybridized carbons (Fsp3) is 0.304. The van der Waals surface area contributed by atoms with Crippen LogP contribution >= 0.6 is 0 Å². The van der Waals surface area contributed by atoms with Gasteiger partial charge in [-0.05, 0) is 25.3 Å². The van der Waals surface area contributed by atoms with Crippen molar-refractivity contribution in [1.82, 2.24) is 4.90 Å². The second-order valence-electron chi connectivity index (χ2n) is 7.80. The highest BCUT2D eigenvalue weighted by Gasteiger charge is 2.47. The first-order valence-electron chi connectivity index (χ1n) is 10.1. The number of benzene rings is 2. The maximum absolute atomic E-state index is 13.0. The summed E-state index contributed by atoms with van der Waals surface area (Å²) in [6.45, 7) is 2.65. The number of carbonyl (C=O) groups excluding carboxylic acids is 2. The van der Waals surface area contributed by atoms with Gasteiger partial charge < -0.3 is 14.7 Å². The van der Waals surface area contributed by atoms with Crippen molar-refractivity contribution < 1.29 is 24.4 Å². The SMILES string of the molecule is Cc1ccc(/C(O)=C2/C(=O)C(=O)N(CC3CCCO3)C2c2cccc([N+](=O)[O-])c2)cc1. The van der Waals surface area contributed by atoms with Crippen LogP contribution in [0.3, 0.4) is 0 Å². The van der Waals surface area contributed by atoms with Gasteiger partial charge in [-0.25, -0.2) is 0 Å². The molecule has 0 bridgehead atoms. The Labute approximate surface area is 178 Å². The number of hydrogen-bond acceptors (Lipinski definition) is 6. The largest absolute Gasteiger partial charge is 0.507 e. The van der Waals surface area contributed by atoms with E-state index in [0.717, 1.165) is 18.4 Å². The highest BCUT2D eigenvalue weighted by Crippen LogP contribution is 2.40. The lowest BCUT2D eigenvalue weighted by molar-refractivity contribution is -0.384. The molecular weight excluding hydrogens is 400 g/mol. The molecule has 2 fully saturated rings. The molecule has 2 aliphatic rings. The van der Waals surface area contributed by atoms with Crippen LogP contribution < -0.4 is 0 Å². The predicted octanol–water partition coefficient (Wildman–Crippen LogP) is 3.50. The zero-order valence-electron chi connectivity index (χ0n) is 17.0. The van der Waals surface area contributed by atoms with Gasteiger partial charge in [0.1, 0.15) is 5.76 Å². The molecule has 2 saturated heterocycles. The van der Waals surface area contributed by atoms with Gasteiger partial charge in [-0.15, -0.1) is 0 Å². The Hall–Kier alpha value is -3.52. The van der Waals surface area contributed by atoms with E-state index in [1.165, 1.54) is 23.1 Å². The van der Waals surface area contributed by atoms with Crippen LogP contribution in [0.2, 0.25) is 0 Å². The number of likely N-dealkylation sites (tertiary alicyclic amines) is 1. The first-order chi connectivity index (χ1) is 14.9. The average Bonchev–Trinajstić information content (AvgIpc) is 3.36. The van der Waals surface area contributed by atoms with Crippen molar-refractivity contribution in [2.75, 3.05) is 13.2 Å². The summed E-state index contributed by atoms with van der Waals surface area (Å²) in [7, 11) is 0. The number of ether oxygens (including phenoxy) is 1. The Morgan fingerprint density at radius 1 is 1.23 bits per heavy atom. The third-order valence-corrected chi connectivity index (χ3v) is 5.69. The highest BCUT2D eigenvalue weighted by atomic mass is 16.6. The third-order valence-electron chi connectivity index (χ3n) is 5.69. The van der Waals surface area contributed by atoms with Gasteiger partial charge in [0.25, 0.3) is 17.4 Å². The topological polar surface area (TPSA) is 110 Å². The average molecular weight is 422 g/mol. The molecule has 0 spiro atoms. The molecule has 2 heterocycles. The molecule has 4 rings (SSSR count). The molecule has 1 N–H and O–H groups in total. The molecule has 2 aromatic rings. The lowest BCUT2D eigenvalue weighted by atomic mass is 9.94. The Balaban J connectivity index is 1.85. The fourth-order valence-electron chi connectivity index (χ4n) is 4.10. The van der Waals surface area contributed by atoms with E-state index in [-0.39, 0.29) is 29.7 Å². The standard InChI is InChI=1S/C23H22N2O6/c1-14-7-9-15(10-8-14)21(26)19-20(16-4-2-5-17(12-16)25(29)30)24(23(28)22(19)27)13-18-6-3-11-31-18/h2,4-5,7-10,12,18,20,26H,3,6,11,13H2,1H3/b21-19-. The number of hydrogen-bond donors (Lipinski definition) is 1. The van der Waals surface area contributed by atoms with Gasteiger partial charge in [0.15, 0.2) is 0 Å². The van der Waals surface area contributed by atoms with Crippen molar-refractivity contribution in [3.05, 3.63) is 80.9 Å². The monoisotopic (exact) mass is 422 g/mol. The summed E-state index contributed by atoms with van der Waals surface area (Å²) in [5.41, 5.74) is 1.53. The summed E-state index contributed by atoms with van der Waals surface area (Å²) >= 11 is 0. The summed E-state index contributed by atoms with van der Waals surface area (Å²) in [6, 6.07) is 11.8. The van der Waals surface area contributed by atoms with Crippen LogP contribution in [0.5, 0.6) is 0 Å². The van der Waals surface area contributed by atoms with Gasteiger partial charge in [0, 0.05) is 30.8 Å². The zero-order valence-corrected chi connectivity index (χ0v) is 17.0. The lowest BCUT2D eigenvalue weighted by Gasteiger charge is -2.27. The summed E-state index contributed by atoms with van der Waals surface area (Å²) in [4.78, 5) is 38.1. The molecule has 0 radical (unpaired) electrons. The fourth-order valence-corrected chi connectivity index (χ4v) is 4.10. The number of aliphatic hydroxyl groups is 1. The molecule has 2 aliphatic heterocycles. The van der Waals surface area contributed by atoms with E-state index in [1.54, 1.807) is 30.3 Å². The Morgan fingerprint density at radius 3 is 2.61 bits per heavy atom. The number of non-ortho nitro benzene ring substituents is 1. The van der Waals surface area contributed by atoms with Gasteiger partial charge in [-0.2, -0.15) is 0 Å². The second-order valence-corrected chi connectivity index (χ2v) is 7.80. The summed E-state index contributed by atoms with van der Waals surface area (Å²) in [5, 5.41) is 22.3. The molecule has 1 amide bonds. The van der Waals surface area contributed by atoms with Crippen molar-refractivity contribution in [3.8, 4) is 0 Å². The van der Waals surface area contributed by atoms with Crippen LogP contribution in [-0.4, -0.2) is 45.9 Å². The first-order valence-corrected chi connectivity index (χ1v) is 10.1. The van der Waals surface area contributed by atoms with Gasteiger partial charge >= 0.3 is 0 Å². The minimum absolute atomic E-state index is 0.0765. The predicted molar refractivity (Wildman–Crippen MR) is 112 cm³/mol. The van der Waals surface area contributed by atoms with E-state index >= 15 is 0 Å². The van der Waals surface area contributed by atoms with Crippen LogP contribution in [0.4, 0.5) is 5.69 Å². The second kappa shape index (κ2) is 8.31. The van der Waals surface area contributed by atoms with Crippen molar-refractivity contribution in [2.24, 2.45) is 0 Å². The van der Waals surface area contributed by atoms with E-state index in [1.807, 2.05) is 6.92 Å². The smallest absolute Gasteiger partial charge is 0.295 e. The Bertz CT molecular complexity index is 1070. The number of nitro groups is 1. The Morgan fingerprint density at radius 2 is 1.97 bits per heavy atom. The number of aryl methyl sites for hydroxylation is 1. The van der Waals surface area contributed by atoms with Gasteiger partial charge in [-0.3, -0.25) is 19.7 Å². The number of carbonyl (C=O) groups is 2. The van der Waals surface area contributed by atoms with E-state index in [0.29, 0.717) is 17.7 Å². The number of ketones is 1. The molecule has 160 valence electrons. The minimum Gasteiger partial charge on any atom is -0.507 e. The molecule has 2 atom stereocenters. The lowest BCUT2D eigenvalue weighted by Crippen LogP contribution is -2.36. The molecule has 31 heavy (non-hydrogen) atoms. The summed E-state index contributed by atoms with van der Waals surface area (Å²) in [6.07, 6.45) is 1.39. The van der Waals surface area contributed by atoms with Gasteiger partial charge in [-0.1, -0.05) is 42.0 Å². The molecule has 0 aliphatic carbocycles. The summed E-state index contributed by atoms with van der Waals surface area (Å²) in [5.74, 6) is -1.86. The summed E-state index contributed by atoms with van der Waals surface area (Å²) < 4.78 is 5.65. The number of aliphatic hydroxyl groups excluding tert-OH is 1. The molecule has 0 aromatic heterocycles. The van der Waals surface area contributed by atoms with E-state index in [2.05, 4.69) is 0 Å². The third kappa shape index (κ3) is 3.94. The van der Waals surface area contributed by atoms with Crippen LogP contribution in [0.25, 0.3) is 5.76 Å². The van der Waals surface area contributed by atoms with Crippen LogP contribution in [-0.2, 0) is 14.3 Å². The first kappa shape index (κ1) is 20.7. The van der Waals surface area contributed by atoms with Gasteiger partial charge in [0.05, 0.1) is 22.6 Å². The normalized spacial score (nSPS) is 22.8. The van der Waals surface area contributed by atoms with E-state index in [9.17, 15) is 24.8 Å². The molecule has 2 unspecified atom stereocenters. The highest BCUT2D eigenvalue weighted by molar-refractivity contribution is 6.46. The molecule has 2 aromatic carbocycles. The Kier molecular flexibility index (Phi) is 5.56. The van der Waals surface area contributed by atoms with Crippen LogP contribution in [0, 0.1) is 17.0 Å². The maximum atomic E-state index is 13.0. The van der Waals surface area contributed by atoms with Gasteiger partial charge in [0.2, 0.25) is 0 Å². The number of nitro benzene ring substituents is 1. The number of amides is 1. The molecular formula is C23H22N2O6.